The first-order valence-corrected chi connectivity index (χ1v) is 8.67. The van der Waals surface area contributed by atoms with Crippen LogP contribution in [0.4, 0.5) is 0 Å². The Morgan fingerprint density at radius 3 is 2.35 bits per heavy atom. The van der Waals surface area contributed by atoms with Crippen LogP contribution in [0.25, 0.3) is 0 Å². The van der Waals surface area contributed by atoms with Crippen LogP contribution < -0.4 is 0 Å². The van der Waals surface area contributed by atoms with E-state index in [9.17, 15) is 0 Å². The van der Waals surface area contributed by atoms with Gasteiger partial charge in [-0.2, -0.15) is 0 Å². The van der Waals surface area contributed by atoms with Crippen LogP contribution in [-0.2, 0) is 9.68 Å². The maximum absolute atomic E-state index is 5.47. The molecule has 0 aliphatic rings. The van der Waals surface area contributed by atoms with Crippen LogP contribution in [0.2, 0.25) is 0 Å². The molecule has 1 unspecified atom stereocenters. The summed E-state index contributed by atoms with van der Waals surface area (Å²) in [5, 5.41) is 8.10. The zero-order chi connectivity index (χ0) is 18.9. The fourth-order valence-corrected chi connectivity index (χ4v) is 2.42. The molecular formula is C20H26N4O2. The van der Waals surface area contributed by atoms with E-state index in [1.807, 2.05) is 57.2 Å². The third-order valence-electron chi connectivity index (χ3n) is 3.98. The topological polar surface area (TPSA) is 69.0 Å². The monoisotopic (exact) mass is 354 g/mol. The molecule has 0 amide bonds. The van der Waals surface area contributed by atoms with E-state index in [2.05, 4.69) is 27.2 Å². The summed E-state index contributed by atoms with van der Waals surface area (Å²) in [5.41, 5.74) is 5.13. The van der Waals surface area contributed by atoms with Gasteiger partial charge >= 0.3 is 0 Å². The van der Waals surface area contributed by atoms with Crippen molar-refractivity contribution >= 4 is 11.4 Å². The van der Waals surface area contributed by atoms with Crippen molar-refractivity contribution < 1.29 is 9.68 Å². The minimum absolute atomic E-state index is 0.248. The lowest BCUT2D eigenvalue weighted by Crippen LogP contribution is -2.06. The van der Waals surface area contributed by atoms with Crippen molar-refractivity contribution in [3.05, 3.63) is 59.2 Å². The molecule has 0 saturated carbocycles. The standard InChI is InChI=1S/C20H26N4O2/c1-14(18-9-7-11-20(22-18)16(3)23-25-5)12-13-26-24-17(4)19-10-6-8-15(2)21-19/h6-11,14H,12-13H2,1-5H3. The molecule has 0 bridgehead atoms. The normalized spacial score (nSPS) is 13.4. The molecule has 2 rings (SSSR count). The van der Waals surface area contributed by atoms with Crippen LogP contribution in [0.5, 0.6) is 0 Å². The molecule has 0 saturated heterocycles. The number of hydrogen-bond donors (Lipinski definition) is 0. The molecular weight excluding hydrogens is 328 g/mol. The van der Waals surface area contributed by atoms with E-state index in [-0.39, 0.29) is 5.92 Å². The van der Waals surface area contributed by atoms with Gasteiger partial charge in [0.15, 0.2) is 0 Å². The number of aromatic nitrogens is 2. The molecule has 1 atom stereocenters. The average Bonchev–Trinajstić information content (AvgIpc) is 2.65. The zero-order valence-corrected chi connectivity index (χ0v) is 16.1. The predicted molar refractivity (Wildman–Crippen MR) is 104 cm³/mol. The maximum atomic E-state index is 5.47. The summed E-state index contributed by atoms with van der Waals surface area (Å²) in [4.78, 5) is 19.4. The summed E-state index contributed by atoms with van der Waals surface area (Å²) in [6.45, 7) is 8.37. The highest BCUT2D eigenvalue weighted by Gasteiger charge is 2.10. The minimum atomic E-state index is 0.248. The number of rotatable bonds is 8. The Morgan fingerprint density at radius 1 is 1.00 bits per heavy atom. The maximum Gasteiger partial charge on any atom is 0.117 e. The minimum Gasteiger partial charge on any atom is -0.399 e. The van der Waals surface area contributed by atoms with Crippen molar-refractivity contribution in [1.29, 1.82) is 0 Å². The molecule has 2 aromatic heterocycles. The Kier molecular flexibility index (Phi) is 7.26. The van der Waals surface area contributed by atoms with E-state index in [4.69, 9.17) is 9.68 Å². The molecule has 2 heterocycles. The summed E-state index contributed by atoms with van der Waals surface area (Å²) >= 11 is 0. The van der Waals surface area contributed by atoms with Crippen molar-refractivity contribution in [2.24, 2.45) is 10.3 Å². The van der Waals surface area contributed by atoms with Gasteiger partial charge in [-0.25, -0.2) is 0 Å². The van der Waals surface area contributed by atoms with Gasteiger partial charge in [-0.3, -0.25) is 9.97 Å². The SMILES string of the molecule is CON=C(C)c1cccc(C(C)CCON=C(C)c2cccc(C)n2)n1. The van der Waals surface area contributed by atoms with Crippen molar-refractivity contribution in [3.8, 4) is 0 Å². The number of oxime groups is 2. The first kappa shape index (κ1) is 19.6. The van der Waals surface area contributed by atoms with Gasteiger partial charge in [-0.15, -0.1) is 0 Å². The second-order valence-electron chi connectivity index (χ2n) is 6.17. The van der Waals surface area contributed by atoms with Crippen molar-refractivity contribution in [3.63, 3.8) is 0 Å². The quantitative estimate of drug-likeness (QED) is 0.407. The fraction of sp³-hybridized carbons (Fsp3) is 0.400. The highest BCUT2D eigenvalue weighted by Crippen LogP contribution is 2.17. The van der Waals surface area contributed by atoms with E-state index < -0.39 is 0 Å². The highest BCUT2D eigenvalue weighted by molar-refractivity contribution is 5.96. The Balaban J connectivity index is 1.91. The Hall–Kier alpha value is -2.76. The molecule has 0 aliphatic carbocycles. The lowest BCUT2D eigenvalue weighted by Gasteiger charge is -2.11. The lowest BCUT2D eigenvalue weighted by molar-refractivity contribution is 0.137. The van der Waals surface area contributed by atoms with Crippen molar-refractivity contribution in [2.45, 2.75) is 40.0 Å². The Labute approximate surface area is 155 Å². The van der Waals surface area contributed by atoms with Crippen LogP contribution in [0.3, 0.4) is 0 Å². The largest absolute Gasteiger partial charge is 0.399 e. The second-order valence-corrected chi connectivity index (χ2v) is 6.17. The van der Waals surface area contributed by atoms with Gasteiger partial charge in [-0.05, 0) is 51.5 Å². The van der Waals surface area contributed by atoms with E-state index >= 15 is 0 Å². The molecule has 6 nitrogen and oxygen atoms in total. The molecule has 2 aromatic rings. The van der Waals surface area contributed by atoms with E-state index in [1.54, 1.807) is 0 Å². The average molecular weight is 354 g/mol. The van der Waals surface area contributed by atoms with Crippen molar-refractivity contribution in [2.75, 3.05) is 13.7 Å². The van der Waals surface area contributed by atoms with Gasteiger partial charge in [0.1, 0.15) is 25.1 Å². The smallest absolute Gasteiger partial charge is 0.117 e. The molecule has 0 aliphatic heterocycles. The van der Waals surface area contributed by atoms with Gasteiger partial charge in [0.05, 0.1) is 11.4 Å². The van der Waals surface area contributed by atoms with E-state index in [1.165, 1.54) is 7.11 Å². The molecule has 6 heteroatoms. The first-order chi connectivity index (χ1) is 12.5. The summed E-state index contributed by atoms with van der Waals surface area (Å²) < 4.78 is 0. The number of nitrogens with zero attached hydrogens (tertiary/aromatic N) is 4. The van der Waals surface area contributed by atoms with Crippen LogP contribution in [0.15, 0.2) is 46.7 Å². The van der Waals surface area contributed by atoms with E-state index in [0.717, 1.165) is 40.6 Å². The molecule has 26 heavy (non-hydrogen) atoms. The predicted octanol–water partition coefficient (Wildman–Crippen LogP) is 4.09. The Bertz CT molecular complexity index is 787. The van der Waals surface area contributed by atoms with Gasteiger partial charge in [0.2, 0.25) is 0 Å². The molecule has 138 valence electrons. The third-order valence-corrected chi connectivity index (χ3v) is 3.98. The zero-order valence-electron chi connectivity index (χ0n) is 16.1. The van der Waals surface area contributed by atoms with Gasteiger partial charge in [0.25, 0.3) is 0 Å². The summed E-state index contributed by atoms with van der Waals surface area (Å²) in [7, 11) is 1.53. The number of pyridine rings is 2. The Morgan fingerprint density at radius 2 is 1.65 bits per heavy atom. The summed E-state index contributed by atoms with van der Waals surface area (Å²) in [6.07, 6.45) is 0.814. The van der Waals surface area contributed by atoms with Gasteiger partial charge in [-0.1, -0.05) is 29.4 Å². The fourth-order valence-electron chi connectivity index (χ4n) is 2.42. The number of aryl methyl sites for hydroxylation is 1. The van der Waals surface area contributed by atoms with Crippen LogP contribution in [-0.4, -0.2) is 35.1 Å². The lowest BCUT2D eigenvalue weighted by atomic mass is 10.0. The van der Waals surface area contributed by atoms with Crippen LogP contribution in [0.1, 0.15) is 55.9 Å². The van der Waals surface area contributed by atoms with Gasteiger partial charge in [0, 0.05) is 17.3 Å². The van der Waals surface area contributed by atoms with Crippen LogP contribution >= 0.6 is 0 Å². The third kappa shape index (κ3) is 5.65. The highest BCUT2D eigenvalue weighted by atomic mass is 16.6. The van der Waals surface area contributed by atoms with Crippen LogP contribution in [0, 0.1) is 6.92 Å². The second kappa shape index (κ2) is 9.65. The molecule has 0 spiro atoms. The number of hydrogen-bond acceptors (Lipinski definition) is 6. The molecule has 0 N–H and O–H groups in total. The summed E-state index contributed by atoms with van der Waals surface area (Å²) in [6, 6.07) is 11.8. The van der Waals surface area contributed by atoms with E-state index in [0.29, 0.717) is 6.61 Å². The first-order valence-electron chi connectivity index (χ1n) is 8.67. The molecule has 0 aromatic carbocycles. The molecule has 0 radical (unpaired) electrons. The molecule has 0 fully saturated rings. The summed E-state index contributed by atoms with van der Waals surface area (Å²) in [5.74, 6) is 0.248. The van der Waals surface area contributed by atoms with Crippen molar-refractivity contribution in [1.82, 2.24) is 9.97 Å². The van der Waals surface area contributed by atoms with Gasteiger partial charge < -0.3 is 9.68 Å².